The summed E-state index contributed by atoms with van der Waals surface area (Å²) >= 11 is 10.5. The van der Waals surface area contributed by atoms with E-state index in [0.29, 0.717) is 5.92 Å². The number of halogens is 4. The molecule has 0 saturated carbocycles. The molecule has 0 fully saturated rings. The fraction of sp³-hybridized carbons (Fsp3) is 0.275. The molecule has 1 unspecified atom stereocenters. The van der Waals surface area contributed by atoms with Gasteiger partial charge in [-0.1, -0.05) is 0 Å². The fourth-order valence-electron chi connectivity index (χ4n) is 6.93. The van der Waals surface area contributed by atoms with E-state index in [1.165, 1.54) is 59.7 Å². The summed E-state index contributed by atoms with van der Waals surface area (Å²) in [7, 11) is 0. The van der Waals surface area contributed by atoms with Gasteiger partial charge in [-0.15, -0.1) is 0 Å². The Bertz CT molecular complexity index is 1790. The predicted molar refractivity (Wildman–Crippen MR) is 184 cm³/mol. The Balaban J connectivity index is 0.00000230. The van der Waals surface area contributed by atoms with Crippen LogP contribution in [-0.2, 0) is 27.7 Å². The molecular formula is C40H40Cl4Zr. The zero-order valence-corrected chi connectivity index (χ0v) is 32.4. The summed E-state index contributed by atoms with van der Waals surface area (Å²) in [6.45, 7) is 13.9. The first-order valence-electron chi connectivity index (χ1n) is 15.5. The van der Waals surface area contributed by atoms with E-state index in [4.69, 9.17) is 23.2 Å². The fourth-order valence-corrected chi connectivity index (χ4v) is 16.2. The number of fused-ring (bicyclic) bond motifs is 3. The number of aryl methyl sites for hydroxylation is 2. The average Bonchev–Trinajstić information content (AvgIpc) is 3.53. The van der Waals surface area contributed by atoms with Gasteiger partial charge in [0.25, 0.3) is 0 Å². The first kappa shape index (κ1) is 36.1. The maximum absolute atomic E-state index is 6.74. The maximum Gasteiger partial charge on any atom is -1.00 e. The van der Waals surface area contributed by atoms with E-state index < -0.39 is 21.3 Å². The third-order valence-electron chi connectivity index (χ3n) is 9.01. The summed E-state index contributed by atoms with van der Waals surface area (Å²) in [6.07, 6.45) is 8.55. The normalized spacial score (nSPS) is 14.7. The molecule has 6 rings (SSSR count). The van der Waals surface area contributed by atoms with Crippen molar-refractivity contribution in [1.82, 2.24) is 0 Å². The topological polar surface area (TPSA) is 0 Å². The first-order chi connectivity index (χ1) is 20.5. The van der Waals surface area contributed by atoms with Crippen LogP contribution >= 0.6 is 23.2 Å². The van der Waals surface area contributed by atoms with Crippen LogP contribution in [-0.4, -0.2) is 3.21 Å². The van der Waals surface area contributed by atoms with Crippen LogP contribution < -0.4 is 28.1 Å². The number of hydrogen-bond acceptors (Lipinski definition) is 0. The van der Waals surface area contributed by atoms with Crippen LogP contribution in [0.15, 0.2) is 99.9 Å². The second kappa shape index (κ2) is 14.6. The third kappa shape index (κ3) is 7.25. The van der Waals surface area contributed by atoms with E-state index in [9.17, 15) is 0 Å². The molecule has 45 heavy (non-hydrogen) atoms. The van der Waals surface area contributed by atoms with Gasteiger partial charge in [0.1, 0.15) is 0 Å². The standard InChI is InChI=1S/C15H13.C13H8Cl2.C12H19.2ClH.Zr/c1-10-3-5-14-12(7-10)9-13-8-11(2)4-6-15(13)14;14-12-5-1-3-10(8-12)7-11-4-2-6-13(15)9-11;1-5-6-10-7-8-11(9-10)12(2,3)4;;;/h3-7H,9H2,1-2H3;1-6,8-9H;8-10H,5-6H2,1-4H3;2*1H;/q;;;;;+2/p-2. The Kier molecular flexibility index (Phi) is 11.7. The molecule has 2 aliphatic carbocycles. The molecule has 232 valence electrons. The van der Waals surface area contributed by atoms with Gasteiger partial charge >= 0.3 is 278 Å². The monoisotopic (exact) mass is 750 g/mol. The Morgan fingerprint density at radius 3 is 2.02 bits per heavy atom. The van der Waals surface area contributed by atoms with Crippen LogP contribution in [0.2, 0.25) is 10.0 Å². The van der Waals surface area contributed by atoms with Gasteiger partial charge in [-0.3, -0.25) is 0 Å². The van der Waals surface area contributed by atoms with Gasteiger partial charge in [0.2, 0.25) is 0 Å². The van der Waals surface area contributed by atoms with Crippen molar-refractivity contribution in [3.8, 4) is 11.1 Å². The summed E-state index contributed by atoms with van der Waals surface area (Å²) < 4.78 is 4.76. The van der Waals surface area contributed by atoms with Gasteiger partial charge in [0, 0.05) is 0 Å². The molecule has 0 aromatic heterocycles. The largest absolute Gasteiger partial charge is 1.00 e. The molecule has 0 bridgehead atoms. The van der Waals surface area contributed by atoms with Crippen LogP contribution in [0.5, 0.6) is 0 Å². The Hall–Kier alpha value is -1.73. The number of benzene rings is 4. The SMILES string of the molecule is CCCC1C=C(C(C)(C)C)C=[C]1[Zr+2](=[C](c1cccc(Cl)c1)c1cccc(Cl)c1)[c]1c(C)ccc2c1Cc1cc(C)ccc1-2.[Cl-].[Cl-]. The molecule has 0 nitrogen and oxygen atoms in total. The summed E-state index contributed by atoms with van der Waals surface area (Å²) in [5.74, 6) is 0.447. The molecule has 5 heteroatoms. The van der Waals surface area contributed by atoms with Crippen molar-refractivity contribution >= 4 is 29.7 Å². The Morgan fingerprint density at radius 1 is 0.822 bits per heavy atom. The molecule has 4 aromatic rings. The molecule has 0 N–H and O–H groups in total. The first-order valence-corrected chi connectivity index (χ1v) is 19.9. The molecule has 0 radical (unpaired) electrons. The van der Waals surface area contributed by atoms with Gasteiger partial charge in [0.15, 0.2) is 0 Å². The van der Waals surface area contributed by atoms with Crippen molar-refractivity contribution in [1.29, 1.82) is 0 Å². The molecule has 2 aliphatic rings. The summed E-state index contributed by atoms with van der Waals surface area (Å²) in [4.78, 5) is 0. The Labute approximate surface area is 299 Å². The van der Waals surface area contributed by atoms with Gasteiger partial charge in [-0.2, -0.15) is 0 Å². The smallest absolute Gasteiger partial charge is 1.00 e. The van der Waals surface area contributed by atoms with Crippen molar-refractivity contribution < 1.29 is 46.1 Å². The quantitative estimate of drug-likeness (QED) is 0.230. The maximum atomic E-state index is 6.74. The minimum absolute atomic E-state index is 0. The van der Waals surface area contributed by atoms with E-state index in [1.54, 1.807) is 6.55 Å². The molecule has 1 atom stereocenters. The van der Waals surface area contributed by atoms with Crippen LogP contribution in [0.3, 0.4) is 0 Å². The van der Waals surface area contributed by atoms with E-state index >= 15 is 0 Å². The van der Waals surface area contributed by atoms with E-state index in [-0.39, 0.29) is 30.2 Å². The molecule has 4 aromatic carbocycles. The Morgan fingerprint density at radius 2 is 1.44 bits per heavy atom. The van der Waals surface area contributed by atoms with Gasteiger partial charge < -0.3 is 24.8 Å². The van der Waals surface area contributed by atoms with Crippen LogP contribution in [0, 0.1) is 25.2 Å². The zero-order chi connectivity index (χ0) is 30.5. The summed E-state index contributed by atoms with van der Waals surface area (Å²) in [5.41, 5.74) is 12.6. The average molecular weight is 754 g/mol. The van der Waals surface area contributed by atoms with E-state index in [0.717, 1.165) is 22.9 Å². The zero-order valence-electron chi connectivity index (χ0n) is 26.9. The van der Waals surface area contributed by atoms with Crippen molar-refractivity contribution in [2.45, 2.75) is 60.8 Å². The van der Waals surface area contributed by atoms with Crippen LogP contribution in [0.25, 0.3) is 11.1 Å². The third-order valence-corrected chi connectivity index (χ3v) is 17.8. The van der Waals surface area contributed by atoms with Gasteiger partial charge in [-0.25, -0.2) is 0 Å². The molecular weight excluding hydrogens is 713 g/mol. The van der Waals surface area contributed by atoms with Crippen molar-refractivity contribution in [3.63, 3.8) is 0 Å². The van der Waals surface area contributed by atoms with Gasteiger partial charge in [0.05, 0.1) is 0 Å². The summed E-state index contributed by atoms with van der Waals surface area (Å²) in [6, 6.07) is 28.8. The molecule has 0 spiro atoms. The molecule has 0 aliphatic heterocycles. The molecule has 0 saturated heterocycles. The minimum Gasteiger partial charge on any atom is -1.00 e. The second-order valence-electron chi connectivity index (χ2n) is 13.3. The van der Waals surface area contributed by atoms with Crippen molar-refractivity contribution in [2.75, 3.05) is 0 Å². The second-order valence-corrected chi connectivity index (χ2v) is 19.9. The molecule has 0 heterocycles. The van der Waals surface area contributed by atoms with Crippen LogP contribution in [0.1, 0.15) is 73.9 Å². The minimum atomic E-state index is -2.95. The van der Waals surface area contributed by atoms with E-state index in [2.05, 4.69) is 120 Å². The number of allylic oxidation sites excluding steroid dienone is 4. The van der Waals surface area contributed by atoms with E-state index in [1.807, 2.05) is 12.1 Å². The predicted octanol–water partition coefficient (Wildman–Crippen LogP) is 4.99. The number of rotatable bonds is 6. The van der Waals surface area contributed by atoms with Crippen molar-refractivity contribution in [3.05, 3.63) is 143 Å². The van der Waals surface area contributed by atoms with Crippen LogP contribution in [0.4, 0.5) is 0 Å². The number of hydrogen-bond donors (Lipinski definition) is 0. The van der Waals surface area contributed by atoms with Gasteiger partial charge in [-0.05, 0) is 0 Å². The summed E-state index contributed by atoms with van der Waals surface area (Å²) in [5, 5.41) is 1.55. The molecule has 0 amide bonds. The van der Waals surface area contributed by atoms with Crippen molar-refractivity contribution in [2.24, 2.45) is 11.3 Å².